The molecule has 1 fully saturated rings. The Morgan fingerprint density at radius 3 is 2.52 bits per heavy atom. The van der Waals surface area contributed by atoms with Crippen LogP contribution in [-0.2, 0) is 6.42 Å². The zero-order valence-electron chi connectivity index (χ0n) is 12.3. The monoisotopic (exact) mass is 284 g/mol. The Bertz CT molecular complexity index is 610. The largest absolute Gasteiger partial charge is 0.451 e. The van der Waals surface area contributed by atoms with Gasteiger partial charge in [-0.15, -0.1) is 0 Å². The van der Waals surface area contributed by atoms with Gasteiger partial charge in [-0.25, -0.2) is 0 Å². The number of rotatable bonds is 3. The molecule has 0 saturated carbocycles. The minimum atomic E-state index is -0.0204. The summed E-state index contributed by atoms with van der Waals surface area (Å²) in [6, 6.07) is 11.9. The van der Waals surface area contributed by atoms with Gasteiger partial charge in [-0.2, -0.15) is 0 Å². The number of nitrogens with one attached hydrogen (secondary N) is 1. The van der Waals surface area contributed by atoms with Crippen LogP contribution in [-0.4, -0.2) is 37.0 Å². The van der Waals surface area contributed by atoms with Gasteiger partial charge >= 0.3 is 0 Å². The van der Waals surface area contributed by atoms with Crippen molar-refractivity contribution in [3.05, 3.63) is 47.7 Å². The average molecular weight is 284 g/mol. The molecule has 110 valence electrons. The van der Waals surface area contributed by atoms with Gasteiger partial charge in [0.1, 0.15) is 5.76 Å². The number of piperazine rings is 1. The molecule has 1 aromatic heterocycles. The van der Waals surface area contributed by atoms with Gasteiger partial charge in [0.05, 0.1) is 0 Å². The van der Waals surface area contributed by atoms with E-state index in [2.05, 4.69) is 24.4 Å². The molecule has 1 aliphatic heterocycles. The van der Waals surface area contributed by atoms with Gasteiger partial charge < -0.3 is 14.6 Å². The number of carbonyl (C=O) groups excluding carboxylic acids is 1. The Balaban J connectivity index is 1.77. The van der Waals surface area contributed by atoms with Crippen molar-refractivity contribution in [2.75, 3.05) is 26.2 Å². The summed E-state index contributed by atoms with van der Waals surface area (Å²) < 4.78 is 5.75. The third-order valence-electron chi connectivity index (χ3n) is 3.87. The Kier molecular flexibility index (Phi) is 4.06. The molecule has 0 unspecified atom stereocenters. The predicted octanol–water partition coefficient (Wildman–Crippen LogP) is 2.55. The molecule has 0 spiro atoms. The highest BCUT2D eigenvalue weighted by atomic mass is 16.4. The fourth-order valence-corrected chi connectivity index (χ4v) is 2.54. The van der Waals surface area contributed by atoms with Gasteiger partial charge in [0.25, 0.3) is 5.91 Å². The number of hydrogen-bond donors (Lipinski definition) is 1. The lowest BCUT2D eigenvalue weighted by Gasteiger charge is -2.26. The standard InChI is InChI=1S/C17H20N2O2/c1-2-13-3-5-14(6-4-13)15-7-8-16(21-15)17(20)19-11-9-18-10-12-19/h3-8,18H,2,9-12H2,1H3. The Labute approximate surface area is 124 Å². The highest BCUT2D eigenvalue weighted by Gasteiger charge is 2.21. The maximum atomic E-state index is 12.3. The number of carbonyl (C=O) groups is 1. The molecule has 4 nitrogen and oxygen atoms in total. The van der Waals surface area contributed by atoms with Crippen molar-refractivity contribution in [2.24, 2.45) is 0 Å². The number of benzene rings is 1. The van der Waals surface area contributed by atoms with E-state index in [1.807, 2.05) is 23.1 Å². The molecule has 1 aliphatic rings. The molecule has 1 aromatic carbocycles. The molecular formula is C17H20N2O2. The second-order valence-corrected chi connectivity index (χ2v) is 5.26. The van der Waals surface area contributed by atoms with E-state index >= 15 is 0 Å². The zero-order valence-corrected chi connectivity index (χ0v) is 12.3. The van der Waals surface area contributed by atoms with Gasteiger partial charge in [0, 0.05) is 31.7 Å². The lowest BCUT2D eigenvalue weighted by Crippen LogP contribution is -2.46. The average Bonchev–Trinajstić information content (AvgIpc) is 3.05. The molecule has 0 radical (unpaired) electrons. The topological polar surface area (TPSA) is 45.5 Å². The van der Waals surface area contributed by atoms with E-state index in [9.17, 15) is 4.79 Å². The molecule has 0 bridgehead atoms. The van der Waals surface area contributed by atoms with Crippen molar-refractivity contribution in [3.63, 3.8) is 0 Å². The molecule has 1 N–H and O–H groups in total. The van der Waals surface area contributed by atoms with Crippen molar-refractivity contribution >= 4 is 5.91 Å². The smallest absolute Gasteiger partial charge is 0.289 e. The third kappa shape index (κ3) is 3.00. The quantitative estimate of drug-likeness (QED) is 0.942. The lowest BCUT2D eigenvalue weighted by atomic mass is 10.1. The number of aryl methyl sites for hydroxylation is 1. The second kappa shape index (κ2) is 6.14. The first-order valence-electron chi connectivity index (χ1n) is 7.47. The fraction of sp³-hybridized carbons (Fsp3) is 0.353. The van der Waals surface area contributed by atoms with Crippen LogP contribution in [0.3, 0.4) is 0 Å². The Hall–Kier alpha value is -2.07. The summed E-state index contributed by atoms with van der Waals surface area (Å²) in [4.78, 5) is 14.2. The van der Waals surface area contributed by atoms with Crippen molar-refractivity contribution in [1.29, 1.82) is 0 Å². The van der Waals surface area contributed by atoms with E-state index in [0.717, 1.165) is 43.9 Å². The minimum Gasteiger partial charge on any atom is -0.451 e. The maximum absolute atomic E-state index is 12.3. The number of amides is 1. The highest BCUT2D eigenvalue weighted by molar-refractivity contribution is 5.92. The van der Waals surface area contributed by atoms with Crippen LogP contribution in [0, 0.1) is 0 Å². The molecule has 21 heavy (non-hydrogen) atoms. The van der Waals surface area contributed by atoms with Crippen LogP contribution in [0.5, 0.6) is 0 Å². The summed E-state index contributed by atoms with van der Waals surface area (Å²) in [6.45, 7) is 5.29. The van der Waals surface area contributed by atoms with E-state index in [0.29, 0.717) is 5.76 Å². The predicted molar refractivity (Wildman–Crippen MR) is 82.3 cm³/mol. The summed E-state index contributed by atoms with van der Waals surface area (Å²) in [5.74, 6) is 1.15. The molecule has 3 rings (SSSR count). The van der Waals surface area contributed by atoms with Crippen molar-refractivity contribution < 1.29 is 9.21 Å². The number of hydrogen-bond acceptors (Lipinski definition) is 3. The molecule has 0 atom stereocenters. The first-order valence-corrected chi connectivity index (χ1v) is 7.47. The zero-order chi connectivity index (χ0) is 14.7. The molecular weight excluding hydrogens is 264 g/mol. The van der Waals surface area contributed by atoms with Crippen LogP contribution in [0.25, 0.3) is 11.3 Å². The van der Waals surface area contributed by atoms with Crippen LogP contribution in [0.1, 0.15) is 23.0 Å². The molecule has 1 amide bonds. The molecule has 0 aliphatic carbocycles. The van der Waals surface area contributed by atoms with E-state index in [4.69, 9.17) is 4.42 Å². The lowest BCUT2D eigenvalue weighted by molar-refractivity contribution is 0.0704. The van der Waals surface area contributed by atoms with E-state index in [1.165, 1.54) is 5.56 Å². The van der Waals surface area contributed by atoms with Gasteiger partial charge in [-0.1, -0.05) is 31.2 Å². The Morgan fingerprint density at radius 1 is 1.14 bits per heavy atom. The molecule has 2 heterocycles. The van der Waals surface area contributed by atoms with Crippen LogP contribution in [0.15, 0.2) is 40.8 Å². The maximum Gasteiger partial charge on any atom is 0.289 e. The van der Waals surface area contributed by atoms with Crippen LogP contribution >= 0.6 is 0 Å². The van der Waals surface area contributed by atoms with Crippen molar-refractivity contribution in [2.45, 2.75) is 13.3 Å². The highest BCUT2D eigenvalue weighted by Crippen LogP contribution is 2.23. The van der Waals surface area contributed by atoms with E-state index in [1.54, 1.807) is 6.07 Å². The minimum absolute atomic E-state index is 0.0204. The van der Waals surface area contributed by atoms with Gasteiger partial charge in [-0.3, -0.25) is 4.79 Å². The summed E-state index contributed by atoms with van der Waals surface area (Å²) in [5.41, 5.74) is 2.30. The molecule has 4 heteroatoms. The first-order chi connectivity index (χ1) is 10.3. The van der Waals surface area contributed by atoms with E-state index in [-0.39, 0.29) is 5.91 Å². The van der Waals surface area contributed by atoms with Crippen LogP contribution < -0.4 is 5.32 Å². The Morgan fingerprint density at radius 2 is 1.86 bits per heavy atom. The summed E-state index contributed by atoms with van der Waals surface area (Å²) >= 11 is 0. The second-order valence-electron chi connectivity index (χ2n) is 5.26. The SMILES string of the molecule is CCc1ccc(-c2ccc(C(=O)N3CCNCC3)o2)cc1. The van der Waals surface area contributed by atoms with Gasteiger partial charge in [0.15, 0.2) is 5.76 Å². The van der Waals surface area contributed by atoms with Gasteiger partial charge in [0.2, 0.25) is 0 Å². The normalized spacial score (nSPS) is 15.2. The first kappa shape index (κ1) is 13.9. The van der Waals surface area contributed by atoms with Crippen LogP contribution in [0.2, 0.25) is 0 Å². The summed E-state index contributed by atoms with van der Waals surface area (Å²) in [6.07, 6.45) is 1.02. The third-order valence-corrected chi connectivity index (χ3v) is 3.87. The summed E-state index contributed by atoms with van der Waals surface area (Å²) in [7, 11) is 0. The fourth-order valence-electron chi connectivity index (χ4n) is 2.54. The molecule has 1 saturated heterocycles. The number of furan rings is 1. The van der Waals surface area contributed by atoms with E-state index < -0.39 is 0 Å². The summed E-state index contributed by atoms with van der Waals surface area (Å²) in [5, 5.41) is 3.24. The van der Waals surface area contributed by atoms with Crippen molar-refractivity contribution in [1.82, 2.24) is 10.2 Å². The molecule has 2 aromatic rings. The van der Waals surface area contributed by atoms with Crippen LogP contribution in [0.4, 0.5) is 0 Å². The van der Waals surface area contributed by atoms with Crippen molar-refractivity contribution in [3.8, 4) is 11.3 Å². The number of nitrogens with zero attached hydrogens (tertiary/aromatic N) is 1. The van der Waals surface area contributed by atoms with Gasteiger partial charge in [-0.05, 0) is 24.1 Å².